The number of alkyl halides is 3. The third-order valence-corrected chi connectivity index (χ3v) is 3.60. The fourth-order valence-electron chi connectivity index (χ4n) is 2.32. The number of hydrogen-bond donors (Lipinski definition) is 2. The molecule has 8 heteroatoms. The van der Waals surface area contributed by atoms with Gasteiger partial charge in [-0.2, -0.15) is 18.4 Å². The molecule has 0 saturated heterocycles. The van der Waals surface area contributed by atoms with E-state index in [1.165, 1.54) is 30.3 Å². The number of amides is 1. The summed E-state index contributed by atoms with van der Waals surface area (Å²) in [5.41, 5.74) is -0.893. The van der Waals surface area contributed by atoms with Crippen LogP contribution in [-0.2, 0) is 17.4 Å². The van der Waals surface area contributed by atoms with Crippen LogP contribution < -0.4 is 5.32 Å². The fourth-order valence-corrected chi connectivity index (χ4v) is 2.32. The maximum Gasteiger partial charge on any atom is 0.417 e. The van der Waals surface area contributed by atoms with Crippen LogP contribution in [0, 0.1) is 11.3 Å². The molecule has 1 atom stereocenters. The number of benzene rings is 2. The number of nitriles is 1. The molecular formula is C18H13F3N2O3. The van der Waals surface area contributed by atoms with Crippen molar-refractivity contribution in [2.45, 2.75) is 18.6 Å². The highest BCUT2D eigenvalue weighted by molar-refractivity contribution is 5.98. The van der Waals surface area contributed by atoms with Crippen molar-refractivity contribution >= 4 is 11.9 Å². The Bertz CT molecular complexity index is 855. The van der Waals surface area contributed by atoms with Crippen molar-refractivity contribution in [3.63, 3.8) is 0 Å². The number of carbonyl (C=O) groups excluding carboxylic acids is 1. The summed E-state index contributed by atoms with van der Waals surface area (Å²) in [4.78, 5) is 23.6. The number of hydrogen-bond acceptors (Lipinski definition) is 3. The Labute approximate surface area is 146 Å². The van der Waals surface area contributed by atoms with E-state index in [1.807, 2.05) is 6.07 Å². The van der Waals surface area contributed by atoms with Crippen LogP contribution in [0.15, 0.2) is 48.5 Å². The third kappa shape index (κ3) is 4.60. The lowest BCUT2D eigenvalue weighted by molar-refractivity contribution is -0.139. The van der Waals surface area contributed by atoms with E-state index in [2.05, 4.69) is 5.32 Å². The van der Waals surface area contributed by atoms with E-state index in [1.54, 1.807) is 0 Å². The predicted octanol–water partition coefficient (Wildman–Crippen LogP) is 3.00. The smallest absolute Gasteiger partial charge is 0.417 e. The number of carboxylic acids is 1. The summed E-state index contributed by atoms with van der Waals surface area (Å²) >= 11 is 0. The molecule has 0 aliphatic heterocycles. The Morgan fingerprint density at radius 1 is 1.12 bits per heavy atom. The van der Waals surface area contributed by atoms with Crippen LogP contribution in [0.3, 0.4) is 0 Å². The first-order valence-corrected chi connectivity index (χ1v) is 7.41. The van der Waals surface area contributed by atoms with Crippen LogP contribution in [-0.4, -0.2) is 23.0 Å². The molecule has 0 aliphatic carbocycles. The second kappa shape index (κ2) is 7.70. The minimum Gasteiger partial charge on any atom is -0.480 e. The van der Waals surface area contributed by atoms with Gasteiger partial charge in [0.25, 0.3) is 5.91 Å². The molecule has 0 bridgehead atoms. The maximum absolute atomic E-state index is 13.0. The molecule has 0 radical (unpaired) electrons. The summed E-state index contributed by atoms with van der Waals surface area (Å²) in [5, 5.41) is 20.1. The number of aliphatic carboxylic acids is 1. The molecule has 0 fully saturated rings. The van der Waals surface area contributed by atoms with Crippen molar-refractivity contribution in [1.29, 1.82) is 5.26 Å². The Kier molecular flexibility index (Phi) is 5.62. The number of nitrogens with one attached hydrogen (secondary N) is 1. The zero-order valence-electron chi connectivity index (χ0n) is 13.2. The Morgan fingerprint density at radius 2 is 1.73 bits per heavy atom. The van der Waals surface area contributed by atoms with Crippen LogP contribution in [0.2, 0.25) is 0 Å². The van der Waals surface area contributed by atoms with Crippen molar-refractivity contribution in [3.8, 4) is 6.07 Å². The van der Waals surface area contributed by atoms with E-state index in [9.17, 15) is 27.9 Å². The summed E-state index contributed by atoms with van der Waals surface area (Å²) < 4.78 is 39.0. The van der Waals surface area contributed by atoms with Crippen LogP contribution in [0.5, 0.6) is 0 Å². The molecule has 0 heterocycles. The quantitative estimate of drug-likeness (QED) is 0.856. The van der Waals surface area contributed by atoms with Gasteiger partial charge in [-0.05, 0) is 29.8 Å². The van der Waals surface area contributed by atoms with Crippen LogP contribution in [0.1, 0.15) is 27.0 Å². The van der Waals surface area contributed by atoms with Gasteiger partial charge in [-0.1, -0.05) is 24.3 Å². The molecule has 0 aromatic heterocycles. The van der Waals surface area contributed by atoms with Gasteiger partial charge in [0, 0.05) is 6.42 Å². The second-order valence-electron chi connectivity index (χ2n) is 5.42. The average Bonchev–Trinajstić information content (AvgIpc) is 2.61. The van der Waals surface area contributed by atoms with E-state index < -0.39 is 35.2 Å². The molecule has 0 aliphatic rings. The molecular weight excluding hydrogens is 349 g/mol. The van der Waals surface area contributed by atoms with Gasteiger partial charge in [0.1, 0.15) is 6.04 Å². The van der Waals surface area contributed by atoms with Crippen molar-refractivity contribution < 1.29 is 27.9 Å². The highest BCUT2D eigenvalue weighted by Gasteiger charge is 2.35. The highest BCUT2D eigenvalue weighted by atomic mass is 19.4. The molecule has 2 aromatic rings. The Hall–Kier alpha value is -3.34. The highest BCUT2D eigenvalue weighted by Crippen LogP contribution is 2.31. The average molecular weight is 362 g/mol. The SMILES string of the molecule is N#Cc1ccc(C[C@H](NC(=O)c2ccccc2C(F)(F)F)C(=O)O)cc1. The lowest BCUT2D eigenvalue weighted by Gasteiger charge is -2.17. The molecule has 134 valence electrons. The van der Waals surface area contributed by atoms with Crippen molar-refractivity contribution in [2.75, 3.05) is 0 Å². The van der Waals surface area contributed by atoms with Crippen molar-refractivity contribution in [2.24, 2.45) is 0 Å². The van der Waals surface area contributed by atoms with Gasteiger partial charge >= 0.3 is 12.1 Å². The summed E-state index contributed by atoms with van der Waals surface area (Å²) in [6.45, 7) is 0. The number of carbonyl (C=O) groups is 2. The third-order valence-electron chi connectivity index (χ3n) is 3.60. The molecule has 2 N–H and O–H groups in total. The van der Waals surface area contributed by atoms with Crippen LogP contribution >= 0.6 is 0 Å². The predicted molar refractivity (Wildman–Crippen MR) is 85.2 cm³/mol. The molecule has 0 saturated carbocycles. The lowest BCUT2D eigenvalue weighted by Crippen LogP contribution is -2.42. The van der Waals surface area contributed by atoms with Crippen LogP contribution in [0.25, 0.3) is 0 Å². The maximum atomic E-state index is 13.0. The van der Waals surface area contributed by atoms with Gasteiger partial charge in [0.05, 0.1) is 22.8 Å². The number of carboxylic acid groups (broad SMARTS) is 1. The van der Waals surface area contributed by atoms with Gasteiger partial charge in [0.2, 0.25) is 0 Å². The van der Waals surface area contributed by atoms with E-state index in [4.69, 9.17) is 5.26 Å². The Morgan fingerprint density at radius 3 is 2.27 bits per heavy atom. The van der Waals surface area contributed by atoms with Gasteiger partial charge in [0.15, 0.2) is 0 Å². The largest absolute Gasteiger partial charge is 0.480 e. The number of rotatable bonds is 5. The van der Waals surface area contributed by atoms with Gasteiger partial charge < -0.3 is 10.4 Å². The monoisotopic (exact) mass is 362 g/mol. The molecule has 2 aromatic carbocycles. The fraction of sp³-hybridized carbons (Fsp3) is 0.167. The van der Waals surface area contributed by atoms with Crippen LogP contribution in [0.4, 0.5) is 13.2 Å². The summed E-state index contributed by atoms with van der Waals surface area (Å²) in [6.07, 6.45) is -4.87. The van der Waals surface area contributed by atoms with Gasteiger partial charge in [-0.15, -0.1) is 0 Å². The molecule has 5 nitrogen and oxygen atoms in total. The molecule has 0 unspecified atom stereocenters. The zero-order chi connectivity index (χ0) is 19.3. The molecule has 2 rings (SSSR count). The Balaban J connectivity index is 2.21. The zero-order valence-corrected chi connectivity index (χ0v) is 13.2. The molecule has 0 spiro atoms. The van der Waals surface area contributed by atoms with Crippen molar-refractivity contribution in [3.05, 3.63) is 70.8 Å². The standard InChI is InChI=1S/C18H13F3N2O3/c19-18(20,21)14-4-2-1-3-13(14)16(24)23-15(17(25)26)9-11-5-7-12(10-22)8-6-11/h1-8,15H,9H2,(H,23,24)(H,25,26)/t15-/m0/s1. The first-order chi connectivity index (χ1) is 12.2. The summed E-state index contributed by atoms with van der Waals surface area (Å²) in [7, 11) is 0. The van der Waals surface area contributed by atoms with E-state index in [-0.39, 0.29) is 6.42 Å². The number of nitrogens with zero attached hydrogens (tertiary/aromatic N) is 1. The molecule has 26 heavy (non-hydrogen) atoms. The first-order valence-electron chi connectivity index (χ1n) is 7.41. The second-order valence-corrected chi connectivity index (χ2v) is 5.42. The van der Waals surface area contributed by atoms with Gasteiger partial charge in [-0.3, -0.25) is 4.79 Å². The van der Waals surface area contributed by atoms with E-state index >= 15 is 0 Å². The minimum absolute atomic E-state index is 0.138. The van der Waals surface area contributed by atoms with E-state index in [0.717, 1.165) is 18.2 Å². The topological polar surface area (TPSA) is 90.2 Å². The normalized spacial score (nSPS) is 12.1. The van der Waals surface area contributed by atoms with Crippen molar-refractivity contribution in [1.82, 2.24) is 5.32 Å². The van der Waals surface area contributed by atoms with E-state index in [0.29, 0.717) is 11.1 Å². The molecule has 1 amide bonds. The summed E-state index contributed by atoms with van der Waals surface area (Å²) in [5.74, 6) is -2.51. The summed E-state index contributed by atoms with van der Waals surface area (Å²) in [6, 6.07) is 10.6. The lowest BCUT2D eigenvalue weighted by atomic mass is 10.0. The number of halogens is 3. The van der Waals surface area contributed by atoms with Gasteiger partial charge in [-0.25, -0.2) is 4.79 Å². The first kappa shape index (κ1) is 19.0. The minimum atomic E-state index is -4.74.